The van der Waals surface area contributed by atoms with Gasteiger partial charge in [-0.1, -0.05) is 36.0 Å². The van der Waals surface area contributed by atoms with Crippen LogP contribution in [-0.2, 0) is 16.6 Å². The topological polar surface area (TPSA) is 80.1 Å². The van der Waals surface area contributed by atoms with E-state index in [0.717, 1.165) is 27.5 Å². The van der Waals surface area contributed by atoms with E-state index in [4.69, 9.17) is 0 Å². The predicted octanol–water partition coefficient (Wildman–Crippen LogP) is 3.35. The number of carbonyl (C=O) groups is 2. The number of aryl methyl sites for hydroxylation is 2. The number of thiophene rings is 1. The summed E-state index contributed by atoms with van der Waals surface area (Å²) in [6.45, 7) is 3.88. The second-order valence-electron chi connectivity index (χ2n) is 6.70. The van der Waals surface area contributed by atoms with Gasteiger partial charge in [-0.15, -0.1) is 21.5 Å². The van der Waals surface area contributed by atoms with E-state index in [2.05, 4.69) is 15.5 Å². The molecule has 0 atom stereocenters. The fraction of sp³-hybridized carbons (Fsp3) is 0.300. The number of carbonyl (C=O) groups excluding carboxylic acids is 2. The summed E-state index contributed by atoms with van der Waals surface area (Å²) in [5.74, 6) is 0.592. The molecule has 3 aromatic rings. The third-order valence-electron chi connectivity index (χ3n) is 4.45. The van der Waals surface area contributed by atoms with Gasteiger partial charge in [0.2, 0.25) is 11.8 Å². The maximum absolute atomic E-state index is 12.5. The third kappa shape index (κ3) is 5.04. The molecule has 0 aliphatic carbocycles. The van der Waals surface area contributed by atoms with Crippen molar-refractivity contribution in [1.29, 1.82) is 0 Å². The molecule has 0 spiro atoms. The highest BCUT2D eigenvalue weighted by Crippen LogP contribution is 2.26. The molecular formula is C20H23N5O2S2. The fourth-order valence-corrected chi connectivity index (χ4v) is 4.39. The molecular weight excluding hydrogens is 406 g/mol. The number of aromatic nitrogens is 3. The molecule has 0 radical (unpaired) electrons. The van der Waals surface area contributed by atoms with Gasteiger partial charge in [0.05, 0.1) is 17.2 Å². The number of nitrogens with one attached hydrogen (secondary N) is 1. The van der Waals surface area contributed by atoms with Gasteiger partial charge >= 0.3 is 0 Å². The number of rotatable bonds is 7. The Balaban J connectivity index is 1.54. The van der Waals surface area contributed by atoms with Crippen LogP contribution in [0.15, 0.2) is 40.9 Å². The lowest BCUT2D eigenvalue weighted by Gasteiger charge is -2.18. The largest absolute Gasteiger partial charge is 0.336 e. The molecule has 1 aromatic carbocycles. The van der Waals surface area contributed by atoms with Gasteiger partial charge in [0.25, 0.3) is 0 Å². The maximum Gasteiger partial charge on any atom is 0.243 e. The predicted molar refractivity (Wildman–Crippen MR) is 117 cm³/mol. The monoisotopic (exact) mass is 429 g/mol. The van der Waals surface area contributed by atoms with Gasteiger partial charge in [0, 0.05) is 19.8 Å². The average molecular weight is 430 g/mol. The van der Waals surface area contributed by atoms with Crippen molar-refractivity contribution < 1.29 is 9.59 Å². The average Bonchev–Trinajstić information content (AvgIpc) is 3.32. The van der Waals surface area contributed by atoms with Crippen molar-refractivity contribution in [2.24, 2.45) is 7.05 Å². The van der Waals surface area contributed by atoms with Gasteiger partial charge < -0.3 is 14.8 Å². The van der Waals surface area contributed by atoms with Gasteiger partial charge in [-0.05, 0) is 36.4 Å². The zero-order valence-electron chi connectivity index (χ0n) is 16.8. The minimum absolute atomic E-state index is 0.00751. The molecule has 2 heterocycles. The number of para-hydroxylation sites is 1. The van der Waals surface area contributed by atoms with Crippen molar-refractivity contribution >= 4 is 40.6 Å². The molecule has 0 aliphatic heterocycles. The first-order chi connectivity index (χ1) is 13.9. The molecule has 9 heteroatoms. The number of hydrogen-bond acceptors (Lipinski definition) is 6. The number of hydrogen-bond donors (Lipinski definition) is 1. The van der Waals surface area contributed by atoms with Crippen molar-refractivity contribution in [3.8, 4) is 10.7 Å². The number of likely N-dealkylation sites (N-methyl/N-ethyl adjacent to an activating group) is 1. The van der Waals surface area contributed by atoms with E-state index in [0.29, 0.717) is 5.16 Å². The first-order valence-electron chi connectivity index (χ1n) is 9.03. The lowest BCUT2D eigenvalue weighted by atomic mass is 10.1. The SMILES string of the molecule is Cc1cccc(C)c1NC(=O)CN(C)C(=O)CSc1nnc(-c2cccs2)n1C. The Morgan fingerprint density at radius 1 is 1.17 bits per heavy atom. The Morgan fingerprint density at radius 2 is 1.90 bits per heavy atom. The van der Waals surface area contributed by atoms with Crippen LogP contribution < -0.4 is 5.32 Å². The molecule has 0 saturated carbocycles. The molecule has 0 saturated heterocycles. The number of anilines is 1. The zero-order valence-corrected chi connectivity index (χ0v) is 18.4. The first kappa shape index (κ1) is 21.1. The smallest absolute Gasteiger partial charge is 0.243 e. The molecule has 0 bridgehead atoms. The zero-order chi connectivity index (χ0) is 21.0. The van der Waals surface area contributed by atoms with Crippen molar-refractivity contribution in [2.45, 2.75) is 19.0 Å². The molecule has 3 rings (SSSR count). The molecule has 7 nitrogen and oxygen atoms in total. The summed E-state index contributed by atoms with van der Waals surface area (Å²) >= 11 is 2.90. The van der Waals surface area contributed by atoms with Crippen LogP contribution in [0.5, 0.6) is 0 Å². The second kappa shape index (κ2) is 9.23. The minimum atomic E-state index is -0.220. The van der Waals surface area contributed by atoms with Crippen LogP contribution in [0.25, 0.3) is 10.7 Å². The lowest BCUT2D eigenvalue weighted by Crippen LogP contribution is -2.36. The summed E-state index contributed by atoms with van der Waals surface area (Å²) < 4.78 is 1.87. The number of thioether (sulfide) groups is 1. The van der Waals surface area contributed by atoms with E-state index in [-0.39, 0.29) is 24.1 Å². The van der Waals surface area contributed by atoms with Crippen LogP contribution in [0.4, 0.5) is 5.69 Å². The molecule has 0 aliphatic rings. The maximum atomic E-state index is 12.5. The molecule has 0 unspecified atom stereocenters. The summed E-state index contributed by atoms with van der Waals surface area (Å²) in [6, 6.07) is 9.78. The highest BCUT2D eigenvalue weighted by Gasteiger charge is 2.17. The molecule has 152 valence electrons. The summed E-state index contributed by atoms with van der Waals surface area (Å²) in [4.78, 5) is 27.3. The van der Waals surface area contributed by atoms with E-state index in [1.54, 1.807) is 18.4 Å². The van der Waals surface area contributed by atoms with E-state index in [9.17, 15) is 9.59 Å². The standard InChI is InChI=1S/C20H23N5O2S2/c1-13-7-5-8-14(2)18(13)21-16(26)11-24(3)17(27)12-29-20-23-22-19(25(20)4)15-9-6-10-28-15/h5-10H,11-12H2,1-4H3,(H,21,26). The quantitative estimate of drug-likeness (QED) is 0.583. The third-order valence-corrected chi connectivity index (χ3v) is 6.32. The highest BCUT2D eigenvalue weighted by molar-refractivity contribution is 7.99. The van der Waals surface area contributed by atoms with Gasteiger partial charge in [0.1, 0.15) is 0 Å². The van der Waals surface area contributed by atoms with Gasteiger partial charge in [-0.3, -0.25) is 9.59 Å². The number of benzene rings is 1. The summed E-state index contributed by atoms with van der Waals surface area (Å²) in [6.07, 6.45) is 0. The van der Waals surface area contributed by atoms with E-state index in [1.165, 1.54) is 16.7 Å². The Kier molecular flexibility index (Phi) is 6.71. The number of nitrogens with zero attached hydrogens (tertiary/aromatic N) is 4. The van der Waals surface area contributed by atoms with Gasteiger partial charge in [-0.25, -0.2) is 0 Å². The minimum Gasteiger partial charge on any atom is -0.336 e. The molecule has 29 heavy (non-hydrogen) atoms. The highest BCUT2D eigenvalue weighted by atomic mass is 32.2. The van der Waals surface area contributed by atoms with Crippen molar-refractivity contribution in [3.63, 3.8) is 0 Å². The Hall–Kier alpha value is -2.65. The summed E-state index contributed by atoms with van der Waals surface area (Å²) in [5, 5.41) is 13.9. The van der Waals surface area contributed by atoms with Crippen LogP contribution in [0, 0.1) is 13.8 Å². The molecule has 1 N–H and O–H groups in total. The summed E-state index contributed by atoms with van der Waals surface area (Å²) in [7, 11) is 3.50. The first-order valence-corrected chi connectivity index (χ1v) is 10.9. The second-order valence-corrected chi connectivity index (χ2v) is 8.59. The lowest BCUT2D eigenvalue weighted by molar-refractivity contribution is -0.131. The van der Waals surface area contributed by atoms with E-state index < -0.39 is 0 Å². The van der Waals surface area contributed by atoms with Crippen LogP contribution in [0.1, 0.15) is 11.1 Å². The Labute approximate surface area is 178 Å². The molecule has 0 fully saturated rings. The van der Waals surface area contributed by atoms with E-state index >= 15 is 0 Å². The van der Waals surface area contributed by atoms with Crippen LogP contribution >= 0.6 is 23.1 Å². The van der Waals surface area contributed by atoms with E-state index in [1.807, 2.05) is 61.2 Å². The van der Waals surface area contributed by atoms with Crippen molar-refractivity contribution in [3.05, 3.63) is 46.8 Å². The summed E-state index contributed by atoms with van der Waals surface area (Å²) in [5.41, 5.74) is 2.78. The van der Waals surface area contributed by atoms with Crippen molar-refractivity contribution in [2.75, 3.05) is 24.7 Å². The van der Waals surface area contributed by atoms with Crippen LogP contribution in [0.3, 0.4) is 0 Å². The Morgan fingerprint density at radius 3 is 2.55 bits per heavy atom. The van der Waals surface area contributed by atoms with Gasteiger partial charge in [0.15, 0.2) is 11.0 Å². The van der Waals surface area contributed by atoms with Crippen molar-refractivity contribution in [1.82, 2.24) is 19.7 Å². The fourth-order valence-electron chi connectivity index (χ4n) is 2.79. The number of amides is 2. The van der Waals surface area contributed by atoms with Gasteiger partial charge in [-0.2, -0.15) is 0 Å². The Bertz CT molecular complexity index is 994. The normalized spacial score (nSPS) is 10.8. The molecule has 2 amide bonds. The van der Waals surface area contributed by atoms with Crippen LogP contribution in [0.2, 0.25) is 0 Å². The molecule has 2 aromatic heterocycles. The van der Waals surface area contributed by atoms with Crippen LogP contribution in [-0.4, -0.2) is 50.8 Å².